The fourth-order valence-corrected chi connectivity index (χ4v) is 1.85. The number of methoxy groups -OCH3 is 1. The van der Waals surface area contributed by atoms with E-state index in [2.05, 4.69) is 4.98 Å². The Morgan fingerprint density at radius 2 is 2.11 bits per heavy atom. The summed E-state index contributed by atoms with van der Waals surface area (Å²) < 4.78 is 18.4. The van der Waals surface area contributed by atoms with Crippen molar-refractivity contribution in [3.05, 3.63) is 59.0 Å². The minimum Gasteiger partial charge on any atom is -0.481 e. The van der Waals surface area contributed by atoms with Crippen molar-refractivity contribution in [3.63, 3.8) is 0 Å². The van der Waals surface area contributed by atoms with Gasteiger partial charge in [-0.25, -0.2) is 9.37 Å². The maximum Gasteiger partial charge on any atom is 0.218 e. The van der Waals surface area contributed by atoms with Crippen LogP contribution >= 0.6 is 0 Å². The molecule has 94 valence electrons. The van der Waals surface area contributed by atoms with Gasteiger partial charge in [0, 0.05) is 11.8 Å². The number of pyridine rings is 1. The third-order valence-electron chi connectivity index (χ3n) is 2.87. The fraction of sp³-hybridized carbons (Fsp3) is 0.214. The Kier molecular flexibility index (Phi) is 3.58. The van der Waals surface area contributed by atoms with Crippen LogP contribution in [0.2, 0.25) is 0 Å². The summed E-state index contributed by atoms with van der Waals surface area (Å²) >= 11 is 0. The second-order valence-electron chi connectivity index (χ2n) is 4.09. The third-order valence-corrected chi connectivity index (χ3v) is 2.87. The number of halogens is 1. The summed E-state index contributed by atoms with van der Waals surface area (Å²) in [6.07, 6.45) is 1.64. The smallest absolute Gasteiger partial charge is 0.218 e. The Bertz CT molecular complexity index is 557. The summed E-state index contributed by atoms with van der Waals surface area (Å²) in [7, 11) is 1.55. The van der Waals surface area contributed by atoms with E-state index in [4.69, 9.17) is 10.5 Å². The van der Waals surface area contributed by atoms with Gasteiger partial charge in [-0.2, -0.15) is 0 Å². The monoisotopic (exact) mass is 246 g/mol. The summed E-state index contributed by atoms with van der Waals surface area (Å²) in [5.74, 6) is 0.260. The van der Waals surface area contributed by atoms with Gasteiger partial charge in [0.05, 0.1) is 13.2 Å². The number of aryl methyl sites for hydroxylation is 1. The first-order chi connectivity index (χ1) is 8.63. The van der Waals surface area contributed by atoms with Crippen LogP contribution in [0.5, 0.6) is 5.88 Å². The lowest BCUT2D eigenvalue weighted by Crippen LogP contribution is -2.14. The quantitative estimate of drug-likeness (QED) is 0.905. The zero-order valence-electron chi connectivity index (χ0n) is 10.4. The van der Waals surface area contributed by atoms with Crippen molar-refractivity contribution in [3.8, 4) is 5.88 Å². The van der Waals surface area contributed by atoms with Crippen LogP contribution in [0.15, 0.2) is 36.5 Å². The van der Waals surface area contributed by atoms with E-state index in [1.165, 1.54) is 6.07 Å². The van der Waals surface area contributed by atoms with Gasteiger partial charge in [0.25, 0.3) is 0 Å². The number of benzene rings is 1. The van der Waals surface area contributed by atoms with Gasteiger partial charge in [0.2, 0.25) is 5.88 Å². The molecule has 0 saturated carbocycles. The predicted molar refractivity (Wildman–Crippen MR) is 68.0 cm³/mol. The molecule has 0 saturated heterocycles. The number of ether oxygens (including phenoxy) is 1. The van der Waals surface area contributed by atoms with E-state index in [1.54, 1.807) is 38.4 Å². The molecule has 2 rings (SSSR count). The largest absolute Gasteiger partial charge is 0.481 e. The summed E-state index contributed by atoms with van der Waals surface area (Å²) in [6, 6.07) is 8.12. The average molecular weight is 246 g/mol. The molecule has 1 aromatic heterocycles. The molecule has 0 fully saturated rings. The molecular weight excluding hydrogens is 231 g/mol. The summed E-state index contributed by atoms with van der Waals surface area (Å²) in [4.78, 5) is 4.11. The second kappa shape index (κ2) is 5.14. The van der Waals surface area contributed by atoms with Crippen LogP contribution in [-0.2, 0) is 0 Å². The first kappa shape index (κ1) is 12.5. The molecule has 4 heteroatoms. The van der Waals surface area contributed by atoms with Crippen molar-refractivity contribution in [2.75, 3.05) is 7.11 Å². The van der Waals surface area contributed by atoms with Gasteiger partial charge < -0.3 is 10.5 Å². The maximum absolute atomic E-state index is 13.2. The lowest BCUT2D eigenvalue weighted by Gasteiger charge is -2.15. The normalized spacial score (nSPS) is 12.2. The molecule has 0 amide bonds. The Morgan fingerprint density at radius 1 is 1.33 bits per heavy atom. The molecule has 2 N–H and O–H groups in total. The fourth-order valence-electron chi connectivity index (χ4n) is 1.85. The molecule has 0 aliphatic heterocycles. The summed E-state index contributed by atoms with van der Waals surface area (Å²) in [6.45, 7) is 1.71. The molecule has 18 heavy (non-hydrogen) atoms. The molecule has 1 aromatic carbocycles. The number of hydrogen-bond acceptors (Lipinski definition) is 3. The number of hydrogen-bond donors (Lipinski definition) is 1. The highest BCUT2D eigenvalue weighted by molar-refractivity contribution is 5.38. The van der Waals surface area contributed by atoms with Gasteiger partial charge in [-0.1, -0.05) is 18.2 Å². The van der Waals surface area contributed by atoms with Gasteiger partial charge in [-0.15, -0.1) is 0 Å². The lowest BCUT2D eigenvalue weighted by molar-refractivity contribution is 0.390. The van der Waals surface area contributed by atoms with E-state index < -0.39 is 0 Å². The molecule has 0 aliphatic rings. The zero-order valence-corrected chi connectivity index (χ0v) is 10.4. The van der Waals surface area contributed by atoms with Gasteiger partial charge in [-0.3, -0.25) is 0 Å². The number of aromatic nitrogens is 1. The van der Waals surface area contributed by atoms with Gasteiger partial charge in [-0.05, 0) is 30.2 Å². The number of nitrogens with two attached hydrogens (primary N) is 1. The van der Waals surface area contributed by atoms with Crippen LogP contribution in [0.1, 0.15) is 22.7 Å². The molecule has 0 aliphatic carbocycles. The van der Waals surface area contributed by atoms with Crippen molar-refractivity contribution < 1.29 is 9.13 Å². The topological polar surface area (TPSA) is 48.1 Å². The molecule has 3 nitrogen and oxygen atoms in total. The van der Waals surface area contributed by atoms with Gasteiger partial charge in [0.15, 0.2) is 0 Å². The molecular formula is C14H15FN2O. The van der Waals surface area contributed by atoms with Crippen molar-refractivity contribution in [2.24, 2.45) is 5.73 Å². The zero-order chi connectivity index (χ0) is 13.1. The van der Waals surface area contributed by atoms with Crippen LogP contribution in [0.4, 0.5) is 4.39 Å². The standard InChI is InChI=1S/C14H15FN2O/c1-9-8-10(5-6-12(9)15)13(16)11-4-3-7-17-14(11)18-2/h3-8,13H,16H2,1-2H3. The minimum atomic E-state index is -0.382. The molecule has 1 unspecified atom stereocenters. The van der Waals surface area contributed by atoms with Gasteiger partial charge in [0.1, 0.15) is 5.82 Å². The highest BCUT2D eigenvalue weighted by atomic mass is 19.1. The Morgan fingerprint density at radius 3 is 2.78 bits per heavy atom. The van der Waals surface area contributed by atoms with E-state index >= 15 is 0 Å². The van der Waals surface area contributed by atoms with Crippen LogP contribution in [0.3, 0.4) is 0 Å². The highest BCUT2D eigenvalue weighted by Crippen LogP contribution is 2.26. The molecule has 0 spiro atoms. The Hall–Kier alpha value is -1.94. The van der Waals surface area contributed by atoms with Crippen molar-refractivity contribution in [1.82, 2.24) is 4.98 Å². The number of nitrogens with zero attached hydrogens (tertiary/aromatic N) is 1. The van der Waals surface area contributed by atoms with Crippen molar-refractivity contribution in [2.45, 2.75) is 13.0 Å². The second-order valence-corrected chi connectivity index (χ2v) is 4.09. The van der Waals surface area contributed by atoms with Gasteiger partial charge >= 0.3 is 0 Å². The SMILES string of the molecule is COc1ncccc1C(N)c1ccc(F)c(C)c1. The first-order valence-corrected chi connectivity index (χ1v) is 5.64. The first-order valence-electron chi connectivity index (χ1n) is 5.64. The van der Waals surface area contributed by atoms with Crippen LogP contribution in [-0.4, -0.2) is 12.1 Å². The molecule has 0 radical (unpaired) electrons. The van der Waals surface area contributed by atoms with Crippen LogP contribution in [0.25, 0.3) is 0 Å². The number of rotatable bonds is 3. The van der Waals surface area contributed by atoms with E-state index in [0.717, 1.165) is 11.1 Å². The average Bonchev–Trinajstić information content (AvgIpc) is 2.41. The Balaban J connectivity index is 2.41. The maximum atomic E-state index is 13.2. The Labute approximate surface area is 105 Å². The molecule has 1 atom stereocenters. The van der Waals surface area contributed by atoms with Crippen molar-refractivity contribution >= 4 is 0 Å². The van der Waals surface area contributed by atoms with Crippen LogP contribution < -0.4 is 10.5 Å². The highest BCUT2D eigenvalue weighted by Gasteiger charge is 2.15. The summed E-state index contributed by atoms with van der Waals surface area (Å²) in [5.41, 5.74) is 8.36. The molecule has 0 bridgehead atoms. The molecule has 1 heterocycles. The molecule has 2 aromatic rings. The van der Waals surface area contributed by atoms with E-state index in [9.17, 15) is 4.39 Å². The minimum absolute atomic E-state index is 0.232. The third kappa shape index (κ3) is 2.33. The van der Waals surface area contributed by atoms with Crippen molar-refractivity contribution in [1.29, 1.82) is 0 Å². The lowest BCUT2D eigenvalue weighted by atomic mass is 9.99. The van der Waals surface area contributed by atoms with E-state index in [-0.39, 0.29) is 11.9 Å². The van der Waals surface area contributed by atoms with E-state index in [0.29, 0.717) is 11.4 Å². The van der Waals surface area contributed by atoms with E-state index in [1.807, 2.05) is 6.07 Å². The predicted octanol–water partition coefficient (Wildman–Crippen LogP) is 2.59. The summed E-state index contributed by atoms with van der Waals surface area (Å²) in [5, 5.41) is 0. The van der Waals surface area contributed by atoms with Crippen LogP contribution in [0, 0.1) is 12.7 Å².